The van der Waals surface area contributed by atoms with Gasteiger partial charge in [0.15, 0.2) is 0 Å². The summed E-state index contributed by atoms with van der Waals surface area (Å²) in [6.45, 7) is 3.41. The number of rotatable bonds is 2. The number of pyridine rings is 1. The van der Waals surface area contributed by atoms with Crippen LogP contribution < -0.4 is 0 Å². The number of halogens is 6. The summed E-state index contributed by atoms with van der Waals surface area (Å²) in [4.78, 5) is 26.5. The van der Waals surface area contributed by atoms with Gasteiger partial charge in [0.2, 0.25) is 0 Å². The molecule has 0 N–H and O–H groups in total. The fourth-order valence-electron chi connectivity index (χ4n) is 4.13. The van der Waals surface area contributed by atoms with Gasteiger partial charge in [-0.3, -0.25) is 4.79 Å². The van der Waals surface area contributed by atoms with Crippen LogP contribution in [0.2, 0.25) is 0 Å². The summed E-state index contributed by atoms with van der Waals surface area (Å²) in [6.07, 6.45) is -6.33. The summed E-state index contributed by atoms with van der Waals surface area (Å²) >= 11 is 0. The first-order valence-electron chi connectivity index (χ1n) is 9.93. The highest BCUT2D eigenvalue weighted by Gasteiger charge is 2.48. The van der Waals surface area contributed by atoms with E-state index in [1.165, 1.54) is 12.2 Å². The molecule has 1 aromatic heterocycles. The van der Waals surface area contributed by atoms with Crippen LogP contribution in [0.1, 0.15) is 43.5 Å². The van der Waals surface area contributed by atoms with Crippen molar-refractivity contribution in [1.29, 1.82) is 0 Å². The van der Waals surface area contributed by atoms with E-state index in [0.717, 1.165) is 18.2 Å². The van der Waals surface area contributed by atoms with Crippen LogP contribution in [0.15, 0.2) is 30.3 Å². The molecule has 1 aliphatic carbocycles. The zero-order valence-corrected chi connectivity index (χ0v) is 17.1. The van der Waals surface area contributed by atoms with E-state index in [4.69, 9.17) is 9.78 Å². The van der Waals surface area contributed by atoms with Gasteiger partial charge in [-0.1, -0.05) is 19.1 Å². The lowest BCUT2D eigenvalue weighted by Crippen LogP contribution is -2.51. The Hall–Kier alpha value is -2.46. The van der Waals surface area contributed by atoms with E-state index in [2.05, 4.69) is 4.98 Å². The molecule has 32 heavy (non-hydrogen) atoms. The van der Waals surface area contributed by atoms with E-state index < -0.39 is 34.7 Å². The molecule has 2 bridgehead atoms. The number of benzene rings is 1. The van der Waals surface area contributed by atoms with Crippen molar-refractivity contribution in [3.63, 3.8) is 0 Å². The number of hydrogen-bond acceptors (Lipinski definition) is 4. The summed E-state index contributed by atoms with van der Waals surface area (Å²) in [5.41, 5.74) is -3.90. The lowest BCUT2D eigenvalue weighted by atomic mass is 9.71. The Morgan fingerprint density at radius 3 is 2.50 bits per heavy atom. The topological polar surface area (TPSA) is 48.4 Å². The summed E-state index contributed by atoms with van der Waals surface area (Å²) in [6, 6.07) is 3.25. The standard InChI is InChI=1S/C22H19F6NO3/c1-11-17(30)9-14-10-18(11)31-32-20(14,2)6-5-12-7-19(22(26,27)28)29-16-8-13(21(23,24)25)3-4-15(12)16/h3-8,11,14,18H,9-10H2,1-2H3/t11-,14+,18+,20+/m0/s1. The maximum atomic E-state index is 13.4. The van der Waals surface area contributed by atoms with E-state index >= 15 is 0 Å². The summed E-state index contributed by atoms with van der Waals surface area (Å²) in [5.74, 6) is -0.531. The zero-order valence-electron chi connectivity index (χ0n) is 17.1. The molecule has 2 heterocycles. The number of aromatic nitrogens is 1. The third-order valence-corrected chi connectivity index (χ3v) is 6.25. The van der Waals surface area contributed by atoms with Gasteiger partial charge in [-0.15, -0.1) is 0 Å². The molecular weight excluding hydrogens is 440 g/mol. The molecule has 0 unspecified atom stereocenters. The Morgan fingerprint density at radius 2 is 1.84 bits per heavy atom. The van der Waals surface area contributed by atoms with Crippen molar-refractivity contribution >= 4 is 22.8 Å². The van der Waals surface area contributed by atoms with Crippen molar-refractivity contribution < 1.29 is 40.9 Å². The van der Waals surface area contributed by atoms with Crippen molar-refractivity contribution in [3.8, 4) is 0 Å². The molecule has 2 aromatic rings. The Bertz CT molecular complexity index is 1090. The molecule has 0 radical (unpaired) electrons. The monoisotopic (exact) mass is 459 g/mol. The van der Waals surface area contributed by atoms with Crippen molar-refractivity contribution in [3.05, 3.63) is 47.2 Å². The van der Waals surface area contributed by atoms with Gasteiger partial charge in [0.1, 0.15) is 23.2 Å². The number of alkyl halides is 6. The highest BCUT2D eigenvalue weighted by atomic mass is 19.4. The van der Waals surface area contributed by atoms with Gasteiger partial charge >= 0.3 is 12.4 Å². The molecule has 1 aromatic carbocycles. The Balaban J connectivity index is 1.76. The van der Waals surface area contributed by atoms with Crippen LogP contribution in [0.3, 0.4) is 0 Å². The van der Waals surface area contributed by atoms with Crippen LogP contribution in [-0.2, 0) is 26.9 Å². The molecular formula is C22H19F6NO3. The van der Waals surface area contributed by atoms with Crippen LogP contribution >= 0.6 is 0 Å². The summed E-state index contributed by atoms with van der Waals surface area (Å²) in [5, 5.41) is 0.119. The third kappa shape index (κ3) is 4.13. The molecule has 4 rings (SSSR count). The second-order valence-electron chi connectivity index (χ2n) is 8.45. The van der Waals surface area contributed by atoms with Gasteiger partial charge in [0, 0.05) is 23.6 Å². The SMILES string of the molecule is C[C@H]1C(=O)C[C@@H]2C[C@H]1OO[C@]2(C)C=Cc1cc(C(F)(F)F)nc2cc(C(F)(F)F)ccc12. The molecule has 2 aliphatic rings. The minimum absolute atomic E-state index is 0.0163. The largest absolute Gasteiger partial charge is 0.433 e. The Labute approximate surface area is 179 Å². The van der Waals surface area contributed by atoms with Crippen LogP contribution in [0.5, 0.6) is 0 Å². The highest BCUT2D eigenvalue weighted by molar-refractivity contribution is 5.89. The van der Waals surface area contributed by atoms with Crippen LogP contribution in [0.25, 0.3) is 17.0 Å². The van der Waals surface area contributed by atoms with E-state index in [0.29, 0.717) is 12.5 Å². The summed E-state index contributed by atoms with van der Waals surface area (Å²) in [7, 11) is 0. The van der Waals surface area contributed by atoms with Crippen molar-refractivity contribution in [2.75, 3.05) is 0 Å². The van der Waals surface area contributed by atoms with Gasteiger partial charge in [-0.25, -0.2) is 14.8 Å². The van der Waals surface area contributed by atoms with Gasteiger partial charge < -0.3 is 0 Å². The van der Waals surface area contributed by atoms with Crippen molar-refractivity contribution in [1.82, 2.24) is 4.98 Å². The minimum atomic E-state index is -4.85. The molecule has 1 saturated heterocycles. The lowest BCUT2D eigenvalue weighted by Gasteiger charge is -2.45. The number of ketones is 1. The average Bonchev–Trinajstić information content (AvgIpc) is 2.70. The smallest absolute Gasteiger partial charge is 0.299 e. The first-order chi connectivity index (χ1) is 14.8. The van der Waals surface area contributed by atoms with Gasteiger partial charge in [-0.05, 0) is 43.2 Å². The third-order valence-electron chi connectivity index (χ3n) is 6.25. The average molecular weight is 459 g/mol. The highest BCUT2D eigenvalue weighted by Crippen LogP contribution is 2.43. The molecule has 172 valence electrons. The first kappa shape index (κ1) is 22.7. The number of carbonyl (C=O) groups excluding carboxylic acids is 1. The predicted octanol–water partition coefficient (Wildman–Crippen LogP) is 5.99. The Morgan fingerprint density at radius 1 is 1.12 bits per heavy atom. The maximum Gasteiger partial charge on any atom is 0.433 e. The first-order valence-corrected chi connectivity index (χ1v) is 9.93. The fraction of sp³-hybridized carbons (Fsp3) is 0.455. The Kier molecular flexibility index (Phi) is 5.36. The minimum Gasteiger partial charge on any atom is -0.299 e. The number of hydrogen-bond donors (Lipinski definition) is 0. The summed E-state index contributed by atoms with van der Waals surface area (Å²) < 4.78 is 79.2. The fourth-order valence-corrected chi connectivity index (χ4v) is 4.13. The van der Waals surface area contributed by atoms with E-state index in [1.54, 1.807) is 13.8 Å². The van der Waals surface area contributed by atoms with Crippen LogP contribution in [0, 0.1) is 11.8 Å². The molecule has 1 saturated carbocycles. The zero-order chi connectivity index (χ0) is 23.5. The van der Waals surface area contributed by atoms with E-state index in [1.807, 2.05) is 0 Å². The lowest BCUT2D eigenvalue weighted by molar-refractivity contribution is -0.415. The molecule has 4 nitrogen and oxygen atoms in total. The predicted molar refractivity (Wildman–Crippen MR) is 102 cm³/mol. The molecule has 4 atom stereocenters. The number of Topliss-reactive ketones (excluding diaryl/α,β-unsaturated/α-hetero) is 1. The second kappa shape index (κ2) is 7.55. The quantitative estimate of drug-likeness (QED) is 0.409. The molecule has 2 fully saturated rings. The van der Waals surface area contributed by atoms with Crippen LogP contribution in [-0.4, -0.2) is 22.5 Å². The maximum absolute atomic E-state index is 13.4. The molecule has 0 amide bonds. The number of fused-ring (bicyclic) bond motifs is 3. The number of nitrogens with zero attached hydrogens (tertiary/aromatic N) is 1. The molecule has 1 aliphatic heterocycles. The molecule has 10 heteroatoms. The van der Waals surface area contributed by atoms with Gasteiger partial charge in [0.25, 0.3) is 0 Å². The van der Waals surface area contributed by atoms with Crippen LogP contribution in [0.4, 0.5) is 26.3 Å². The van der Waals surface area contributed by atoms with E-state index in [-0.39, 0.29) is 41.1 Å². The molecule has 0 spiro atoms. The van der Waals surface area contributed by atoms with Crippen molar-refractivity contribution in [2.45, 2.75) is 50.7 Å². The van der Waals surface area contributed by atoms with Gasteiger partial charge in [0.05, 0.1) is 11.1 Å². The van der Waals surface area contributed by atoms with Crippen molar-refractivity contribution in [2.24, 2.45) is 11.8 Å². The normalized spacial score (nSPS) is 29.1. The number of carbonyl (C=O) groups is 1. The van der Waals surface area contributed by atoms with E-state index in [9.17, 15) is 31.1 Å². The van der Waals surface area contributed by atoms with Gasteiger partial charge in [-0.2, -0.15) is 26.3 Å². The second-order valence-corrected chi connectivity index (χ2v) is 8.45.